The summed E-state index contributed by atoms with van der Waals surface area (Å²) in [7, 11) is 0. The van der Waals surface area contributed by atoms with Crippen LogP contribution in [-0.2, 0) is 4.74 Å². The fraction of sp³-hybridized carbons (Fsp3) is 0.294. The molecule has 0 fully saturated rings. The van der Waals surface area contributed by atoms with Crippen molar-refractivity contribution >= 4 is 29.5 Å². The van der Waals surface area contributed by atoms with Crippen LogP contribution in [0, 0.1) is 0 Å². The highest BCUT2D eigenvalue weighted by Gasteiger charge is 2.18. The number of rotatable bonds is 5. The lowest BCUT2D eigenvalue weighted by molar-refractivity contribution is 0.0634. The van der Waals surface area contributed by atoms with Crippen LogP contribution in [0.25, 0.3) is 0 Å². The third-order valence-corrected chi connectivity index (χ3v) is 3.40. The molecular weight excluding hydrogens is 358 g/mol. The molecule has 0 atom stereocenters. The van der Waals surface area contributed by atoms with Gasteiger partial charge in [-0.3, -0.25) is 5.32 Å². The molecule has 2 rings (SSSR count). The molecule has 1 aromatic carbocycles. The molecule has 8 nitrogen and oxygen atoms in total. The summed E-state index contributed by atoms with van der Waals surface area (Å²) in [6.07, 6.45) is 2.36. The van der Waals surface area contributed by atoms with E-state index in [0.717, 1.165) is 0 Å². The van der Waals surface area contributed by atoms with Crippen LogP contribution in [0.4, 0.5) is 10.5 Å². The van der Waals surface area contributed by atoms with Crippen LogP contribution in [0.2, 0.25) is 0 Å². The Bertz CT molecular complexity index is 820. The molecule has 0 saturated carbocycles. The van der Waals surface area contributed by atoms with Crippen LogP contribution >= 0.6 is 11.8 Å². The number of aromatic nitrogens is 2. The third-order valence-electron chi connectivity index (χ3n) is 2.84. The van der Waals surface area contributed by atoms with Crippen molar-refractivity contribution in [3.05, 3.63) is 36.0 Å². The Hall–Kier alpha value is -2.81. The van der Waals surface area contributed by atoms with Crippen molar-refractivity contribution in [3.8, 4) is 11.6 Å². The molecule has 1 amide bonds. The number of amides is 1. The number of nitrogens with one attached hydrogen (secondary N) is 1. The largest absolute Gasteiger partial charge is 0.477 e. The van der Waals surface area contributed by atoms with Gasteiger partial charge in [-0.1, -0.05) is 17.8 Å². The molecule has 1 heterocycles. The number of anilines is 1. The number of aromatic carboxylic acids is 1. The van der Waals surface area contributed by atoms with Crippen molar-refractivity contribution in [2.75, 3.05) is 11.6 Å². The molecule has 0 aliphatic carbocycles. The molecule has 0 bridgehead atoms. The molecule has 1 aromatic heterocycles. The first-order valence-electron chi connectivity index (χ1n) is 7.60. The average molecular weight is 377 g/mol. The van der Waals surface area contributed by atoms with Gasteiger partial charge in [0, 0.05) is 18.0 Å². The second kappa shape index (κ2) is 8.05. The van der Waals surface area contributed by atoms with Crippen LogP contribution in [0.15, 0.2) is 35.6 Å². The Balaban J connectivity index is 2.21. The first kappa shape index (κ1) is 19.5. The van der Waals surface area contributed by atoms with Crippen LogP contribution in [0.3, 0.4) is 0 Å². The average Bonchev–Trinajstić information content (AvgIpc) is 2.52. The smallest absolute Gasteiger partial charge is 0.412 e. The summed E-state index contributed by atoms with van der Waals surface area (Å²) in [5, 5.41) is 12.2. The minimum Gasteiger partial charge on any atom is -0.477 e. The fourth-order valence-electron chi connectivity index (χ4n) is 1.84. The van der Waals surface area contributed by atoms with Gasteiger partial charge < -0.3 is 14.6 Å². The summed E-state index contributed by atoms with van der Waals surface area (Å²) in [5.41, 5.74) is -0.342. The zero-order chi connectivity index (χ0) is 19.3. The van der Waals surface area contributed by atoms with Crippen LogP contribution < -0.4 is 10.1 Å². The number of carboxylic acids is 1. The molecule has 0 aliphatic rings. The van der Waals surface area contributed by atoms with Gasteiger partial charge in [0.25, 0.3) is 0 Å². The quantitative estimate of drug-likeness (QED) is 0.593. The lowest BCUT2D eigenvalue weighted by Crippen LogP contribution is -2.27. The monoisotopic (exact) mass is 377 g/mol. The zero-order valence-electron chi connectivity index (χ0n) is 14.8. The Morgan fingerprint density at radius 2 is 2.00 bits per heavy atom. The van der Waals surface area contributed by atoms with Gasteiger partial charge in [-0.05, 0) is 39.2 Å². The summed E-state index contributed by atoms with van der Waals surface area (Å²) in [6, 6.07) is 6.46. The molecule has 0 unspecified atom stereocenters. The van der Waals surface area contributed by atoms with E-state index in [-0.39, 0.29) is 11.4 Å². The number of carbonyl (C=O) groups excluding carboxylic acids is 1. The summed E-state index contributed by atoms with van der Waals surface area (Å²) in [4.78, 5) is 31.2. The van der Waals surface area contributed by atoms with Gasteiger partial charge in [-0.2, -0.15) is 4.98 Å². The van der Waals surface area contributed by atoms with Gasteiger partial charge in [0.2, 0.25) is 5.88 Å². The summed E-state index contributed by atoms with van der Waals surface area (Å²) in [5.74, 6) is -0.964. The van der Waals surface area contributed by atoms with Gasteiger partial charge >= 0.3 is 12.1 Å². The number of carboxylic acid groups (broad SMARTS) is 1. The van der Waals surface area contributed by atoms with E-state index in [1.54, 1.807) is 45.2 Å². The highest BCUT2D eigenvalue weighted by Crippen LogP contribution is 2.27. The molecule has 0 radical (unpaired) electrons. The maximum Gasteiger partial charge on any atom is 0.412 e. The Morgan fingerprint density at radius 3 is 2.62 bits per heavy atom. The summed E-state index contributed by atoms with van der Waals surface area (Å²) in [6.45, 7) is 5.29. The minimum atomic E-state index is -1.20. The molecule has 2 aromatic rings. The van der Waals surface area contributed by atoms with Crippen LogP contribution in [0.5, 0.6) is 11.6 Å². The maximum absolute atomic E-state index is 11.8. The second-order valence-corrected chi connectivity index (χ2v) is 6.91. The van der Waals surface area contributed by atoms with E-state index in [9.17, 15) is 14.7 Å². The van der Waals surface area contributed by atoms with E-state index in [4.69, 9.17) is 9.47 Å². The van der Waals surface area contributed by atoms with Crippen molar-refractivity contribution < 1.29 is 24.2 Å². The predicted molar refractivity (Wildman–Crippen MR) is 97.1 cm³/mol. The molecule has 26 heavy (non-hydrogen) atoms. The predicted octanol–water partition coefficient (Wildman–Crippen LogP) is 4.04. The van der Waals surface area contributed by atoms with Crippen molar-refractivity contribution in [2.24, 2.45) is 0 Å². The number of hydrogen-bond donors (Lipinski definition) is 2. The van der Waals surface area contributed by atoms with Gasteiger partial charge in [-0.15, -0.1) is 0 Å². The molecule has 9 heteroatoms. The molecule has 0 aliphatic heterocycles. The van der Waals surface area contributed by atoms with E-state index in [2.05, 4.69) is 15.3 Å². The number of hydrogen-bond acceptors (Lipinski definition) is 7. The van der Waals surface area contributed by atoms with Crippen molar-refractivity contribution in [3.63, 3.8) is 0 Å². The van der Waals surface area contributed by atoms with Crippen LogP contribution in [-0.4, -0.2) is 39.0 Å². The Labute approximate surface area is 154 Å². The topological polar surface area (TPSA) is 111 Å². The second-order valence-electron chi connectivity index (χ2n) is 6.14. The highest BCUT2D eigenvalue weighted by atomic mass is 32.2. The number of ether oxygens (including phenoxy) is 2. The normalized spacial score (nSPS) is 10.9. The van der Waals surface area contributed by atoms with Crippen LogP contribution in [0.1, 0.15) is 31.1 Å². The highest BCUT2D eigenvalue weighted by molar-refractivity contribution is 7.98. The van der Waals surface area contributed by atoms with Gasteiger partial charge in [0.05, 0.1) is 0 Å². The van der Waals surface area contributed by atoms with Crippen molar-refractivity contribution in [2.45, 2.75) is 31.5 Å². The van der Waals surface area contributed by atoms with Gasteiger partial charge in [-0.25, -0.2) is 14.6 Å². The SMILES string of the molecule is CSc1ncc(C(=O)O)c(Oc2cccc(NC(=O)OC(C)(C)C)c2)n1. The van der Waals surface area contributed by atoms with E-state index in [0.29, 0.717) is 16.6 Å². The number of nitrogens with zero attached hydrogens (tertiary/aromatic N) is 2. The third kappa shape index (κ3) is 5.62. The number of benzene rings is 1. The Kier molecular flexibility index (Phi) is 6.04. The molecule has 0 saturated heterocycles. The van der Waals surface area contributed by atoms with Gasteiger partial charge in [0.15, 0.2) is 5.16 Å². The van der Waals surface area contributed by atoms with E-state index < -0.39 is 17.7 Å². The fourth-order valence-corrected chi connectivity index (χ4v) is 2.18. The number of carbonyl (C=O) groups is 2. The zero-order valence-corrected chi connectivity index (χ0v) is 15.6. The van der Waals surface area contributed by atoms with Gasteiger partial charge in [0.1, 0.15) is 16.9 Å². The summed E-state index contributed by atoms with van der Waals surface area (Å²) >= 11 is 1.26. The molecule has 2 N–H and O–H groups in total. The number of thioether (sulfide) groups is 1. The maximum atomic E-state index is 11.8. The summed E-state index contributed by atoms with van der Waals surface area (Å²) < 4.78 is 10.8. The van der Waals surface area contributed by atoms with Crippen molar-refractivity contribution in [1.29, 1.82) is 0 Å². The Morgan fingerprint density at radius 1 is 1.27 bits per heavy atom. The first-order valence-corrected chi connectivity index (χ1v) is 8.82. The van der Waals surface area contributed by atoms with E-state index >= 15 is 0 Å². The standard InChI is InChI=1S/C17H19N3O5S/c1-17(2,3)25-16(23)19-10-6-5-7-11(8-10)24-13-12(14(21)22)9-18-15(20-13)26-4/h5-9H,1-4H3,(H,19,23)(H,21,22). The minimum absolute atomic E-state index is 0.0775. The van der Waals surface area contributed by atoms with E-state index in [1.165, 1.54) is 24.0 Å². The lowest BCUT2D eigenvalue weighted by atomic mass is 10.2. The van der Waals surface area contributed by atoms with E-state index in [1.807, 2.05) is 0 Å². The first-order chi connectivity index (χ1) is 12.2. The lowest BCUT2D eigenvalue weighted by Gasteiger charge is -2.19. The molecule has 138 valence electrons. The molecule has 0 spiro atoms. The van der Waals surface area contributed by atoms with Crippen molar-refractivity contribution in [1.82, 2.24) is 9.97 Å². The molecular formula is C17H19N3O5S.